The smallest absolute Gasteiger partial charge is 0.307 e. The maximum atomic E-state index is 13.1. The molecule has 1 unspecified atom stereocenters. The number of fused-ring (bicyclic) bond motifs is 1. The number of esters is 1. The van der Waals surface area contributed by atoms with Gasteiger partial charge in [-0.2, -0.15) is 0 Å². The number of ether oxygens (including phenoxy) is 4. The van der Waals surface area contributed by atoms with Crippen molar-refractivity contribution in [3.8, 4) is 17.2 Å². The van der Waals surface area contributed by atoms with Gasteiger partial charge in [0.05, 0.1) is 40.9 Å². The van der Waals surface area contributed by atoms with Crippen LogP contribution < -0.4 is 14.2 Å². The molecule has 1 heterocycles. The molecule has 2 aromatic rings. The Bertz CT molecular complexity index is 984. The van der Waals surface area contributed by atoms with Crippen molar-refractivity contribution in [2.24, 2.45) is 0 Å². The van der Waals surface area contributed by atoms with Gasteiger partial charge in [-0.1, -0.05) is 18.2 Å². The first kappa shape index (κ1) is 22.2. The molecule has 0 N–H and O–H groups in total. The number of hydrogen-bond donors (Lipinski definition) is 0. The fourth-order valence-electron chi connectivity index (χ4n) is 3.81. The number of amides is 1. The van der Waals surface area contributed by atoms with E-state index in [1.165, 1.54) is 13.2 Å². The third kappa shape index (κ3) is 4.82. The van der Waals surface area contributed by atoms with Crippen molar-refractivity contribution in [3.05, 3.63) is 59.2 Å². The zero-order valence-electron chi connectivity index (χ0n) is 18.2. The monoisotopic (exact) mass is 425 g/mol. The molecule has 0 spiro atoms. The van der Waals surface area contributed by atoms with Gasteiger partial charge in [-0.05, 0) is 41.8 Å². The standard InChI is InChI=1S/C24H27NO6/c1-28-20-8-6-5-7-16(20)9-10-23(26)25-12-11-17-13-21(29-2)22(30-3)14-18(17)19(25)15-24(27)31-4/h5-10,13-14,19H,11-12,15H2,1-4H3/b10-9+. The molecular weight excluding hydrogens is 398 g/mol. The second-order valence-corrected chi connectivity index (χ2v) is 7.06. The average molecular weight is 425 g/mol. The summed E-state index contributed by atoms with van der Waals surface area (Å²) < 4.78 is 21.1. The first-order chi connectivity index (χ1) is 15.0. The molecular formula is C24H27NO6. The Morgan fingerprint density at radius 3 is 2.35 bits per heavy atom. The summed E-state index contributed by atoms with van der Waals surface area (Å²) in [4.78, 5) is 27.0. The van der Waals surface area contributed by atoms with E-state index >= 15 is 0 Å². The lowest BCUT2D eigenvalue weighted by Gasteiger charge is -2.36. The first-order valence-electron chi connectivity index (χ1n) is 9.95. The van der Waals surface area contributed by atoms with E-state index in [1.807, 2.05) is 36.4 Å². The van der Waals surface area contributed by atoms with Gasteiger partial charge in [0.15, 0.2) is 11.5 Å². The number of carbonyl (C=O) groups excluding carboxylic acids is 2. The SMILES string of the molecule is COC(=O)CC1c2cc(OC)c(OC)cc2CCN1C(=O)/C=C/c1ccccc1OC. The second kappa shape index (κ2) is 10.0. The molecule has 1 atom stereocenters. The van der Waals surface area contributed by atoms with Crippen molar-refractivity contribution in [2.45, 2.75) is 18.9 Å². The summed E-state index contributed by atoms with van der Waals surface area (Å²) in [6, 6.07) is 10.7. The largest absolute Gasteiger partial charge is 0.496 e. The predicted octanol–water partition coefficient (Wildman–Crippen LogP) is 3.41. The minimum atomic E-state index is -0.467. The number of nitrogens with zero attached hydrogens (tertiary/aromatic N) is 1. The molecule has 7 nitrogen and oxygen atoms in total. The Kier molecular flexibility index (Phi) is 7.18. The normalized spacial score (nSPS) is 15.4. The fraction of sp³-hybridized carbons (Fsp3) is 0.333. The van der Waals surface area contributed by atoms with Crippen LogP contribution in [0.1, 0.15) is 29.2 Å². The van der Waals surface area contributed by atoms with Gasteiger partial charge in [-0.15, -0.1) is 0 Å². The molecule has 0 radical (unpaired) electrons. The van der Waals surface area contributed by atoms with Crippen LogP contribution in [0.5, 0.6) is 17.2 Å². The number of methoxy groups -OCH3 is 4. The number of hydrogen-bond acceptors (Lipinski definition) is 6. The number of para-hydroxylation sites is 1. The molecule has 1 aliphatic rings. The topological polar surface area (TPSA) is 74.3 Å². The summed E-state index contributed by atoms with van der Waals surface area (Å²) in [6.45, 7) is 0.471. The van der Waals surface area contributed by atoms with Gasteiger partial charge < -0.3 is 23.8 Å². The lowest BCUT2D eigenvalue weighted by Crippen LogP contribution is -2.40. The van der Waals surface area contributed by atoms with Crippen molar-refractivity contribution in [1.29, 1.82) is 0 Å². The van der Waals surface area contributed by atoms with E-state index in [4.69, 9.17) is 18.9 Å². The number of rotatable bonds is 7. The van der Waals surface area contributed by atoms with E-state index < -0.39 is 6.04 Å². The molecule has 0 saturated carbocycles. The second-order valence-electron chi connectivity index (χ2n) is 7.06. The molecule has 7 heteroatoms. The van der Waals surface area contributed by atoms with Gasteiger partial charge >= 0.3 is 5.97 Å². The third-order valence-electron chi connectivity index (χ3n) is 5.42. The molecule has 3 rings (SSSR count). The highest BCUT2D eigenvalue weighted by Gasteiger charge is 2.33. The van der Waals surface area contributed by atoms with Crippen LogP contribution in [0.25, 0.3) is 6.08 Å². The summed E-state index contributed by atoms with van der Waals surface area (Å²) in [6.07, 6.45) is 3.92. The van der Waals surface area contributed by atoms with Crippen molar-refractivity contribution in [1.82, 2.24) is 4.90 Å². The van der Waals surface area contributed by atoms with Crippen molar-refractivity contribution in [2.75, 3.05) is 35.0 Å². The zero-order chi connectivity index (χ0) is 22.4. The Hall–Kier alpha value is -3.48. The predicted molar refractivity (Wildman–Crippen MR) is 116 cm³/mol. The molecule has 0 saturated heterocycles. The van der Waals surface area contributed by atoms with Gasteiger partial charge in [0.2, 0.25) is 5.91 Å². The Balaban J connectivity index is 1.95. The van der Waals surface area contributed by atoms with Crippen LogP contribution in [-0.2, 0) is 20.7 Å². The van der Waals surface area contributed by atoms with Gasteiger partial charge in [0.1, 0.15) is 5.75 Å². The van der Waals surface area contributed by atoms with Crippen LogP contribution in [-0.4, -0.2) is 51.8 Å². The summed E-state index contributed by atoms with van der Waals surface area (Å²) in [5.74, 6) is 1.27. The quantitative estimate of drug-likeness (QED) is 0.500. The van der Waals surface area contributed by atoms with E-state index in [0.717, 1.165) is 16.7 Å². The maximum absolute atomic E-state index is 13.1. The van der Waals surface area contributed by atoms with E-state index in [2.05, 4.69) is 0 Å². The van der Waals surface area contributed by atoms with Crippen LogP contribution in [0.15, 0.2) is 42.5 Å². The highest BCUT2D eigenvalue weighted by molar-refractivity contribution is 5.93. The van der Waals surface area contributed by atoms with Gasteiger partial charge in [-0.25, -0.2) is 0 Å². The highest BCUT2D eigenvalue weighted by atomic mass is 16.5. The average Bonchev–Trinajstić information content (AvgIpc) is 2.81. The Morgan fingerprint density at radius 1 is 1.00 bits per heavy atom. The summed E-state index contributed by atoms with van der Waals surface area (Å²) in [7, 11) is 6.07. The zero-order valence-corrected chi connectivity index (χ0v) is 18.2. The van der Waals surface area contributed by atoms with E-state index in [0.29, 0.717) is 30.2 Å². The summed E-state index contributed by atoms with van der Waals surface area (Å²) in [5, 5.41) is 0. The van der Waals surface area contributed by atoms with Crippen LogP contribution in [0.3, 0.4) is 0 Å². The molecule has 1 aliphatic heterocycles. The molecule has 0 bridgehead atoms. The van der Waals surface area contributed by atoms with Crippen LogP contribution in [0.2, 0.25) is 0 Å². The highest BCUT2D eigenvalue weighted by Crippen LogP contribution is 2.39. The van der Waals surface area contributed by atoms with Crippen molar-refractivity contribution < 1.29 is 28.5 Å². The van der Waals surface area contributed by atoms with Crippen molar-refractivity contribution in [3.63, 3.8) is 0 Å². The Morgan fingerprint density at radius 2 is 1.68 bits per heavy atom. The molecule has 2 aromatic carbocycles. The van der Waals surface area contributed by atoms with Crippen molar-refractivity contribution >= 4 is 18.0 Å². The summed E-state index contributed by atoms with van der Waals surface area (Å²) in [5.41, 5.74) is 2.67. The maximum Gasteiger partial charge on any atom is 0.307 e. The number of carbonyl (C=O) groups is 2. The van der Waals surface area contributed by atoms with Crippen LogP contribution in [0, 0.1) is 0 Å². The fourth-order valence-corrected chi connectivity index (χ4v) is 3.81. The summed E-state index contributed by atoms with van der Waals surface area (Å²) >= 11 is 0. The molecule has 0 aromatic heterocycles. The molecule has 31 heavy (non-hydrogen) atoms. The lowest BCUT2D eigenvalue weighted by atomic mass is 9.90. The number of benzene rings is 2. The van der Waals surface area contributed by atoms with Gasteiger partial charge in [0, 0.05) is 18.2 Å². The van der Waals surface area contributed by atoms with Gasteiger partial charge in [0.25, 0.3) is 0 Å². The minimum absolute atomic E-state index is 0.0488. The van der Waals surface area contributed by atoms with Crippen LogP contribution >= 0.6 is 0 Å². The molecule has 1 amide bonds. The molecule has 164 valence electrons. The Labute approximate surface area is 182 Å². The third-order valence-corrected chi connectivity index (χ3v) is 5.42. The van der Waals surface area contributed by atoms with Crippen LogP contribution in [0.4, 0.5) is 0 Å². The minimum Gasteiger partial charge on any atom is -0.496 e. The lowest BCUT2D eigenvalue weighted by molar-refractivity contribution is -0.143. The molecule has 0 fully saturated rings. The van der Waals surface area contributed by atoms with E-state index in [-0.39, 0.29) is 18.3 Å². The molecule has 0 aliphatic carbocycles. The van der Waals surface area contributed by atoms with Gasteiger partial charge in [-0.3, -0.25) is 9.59 Å². The van der Waals surface area contributed by atoms with E-state index in [9.17, 15) is 9.59 Å². The van der Waals surface area contributed by atoms with E-state index in [1.54, 1.807) is 32.3 Å². The first-order valence-corrected chi connectivity index (χ1v) is 9.95.